The molecule has 1 aromatic carbocycles. The summed E-state index contributed by atoms with van der Waals surface area (Å²) >= 11 is 1.35. The standard InChI is InChI=1S/C19H19N3O3S/c1-11-10-26-19(20-11)21-16(23)12-7-8-14-15(9-12)18(25)22(17(14)24)13-5-3-2-4-6-13/h7-10,13H,2-6H2,1H3,(H,20,21,23). The van der Waals surface area contributed by atoms with Gasteiger partial charge in [0.05, 0.1) is 16.8 Å². The quantitative estimate of drug-likeness (QED) is 0.838. The molecule has 0 radical (unpaired) electrons. The molecule has 7 heteroatoms. The Morgan fingerprint density at radius 1 is 1.15 bits per heavy atom. The number of carbonyl (C=O) groups excluding carboxylic acids is 3. The van der Waals surface area contributed by atoms with Crippen LogP contribution in [0.1, 0.15) is 68.9 Å². The monoisotopic (exact) mass is 369 g/mol. The molecule has 1 saturated carbocycles. The van der Waals surface area contributed by atoms with Crippen molar-refractivity contribution in [2.24, 2.45) is 0 Å². The molecule has 1 N–H and O–H groups in total. The maximum atomic E-state index is 12.8. The zero-order chi connectivity index (χ0) is 18.3. The van der Waals surface area contributed by atoms with Crippen LogP contribution in [0.2, 0.25) is 0 Å². The first-order valence-electron chi connectivity index (χ1n) is 8.80. The summed E-state index contributed by atoms with van der Waals surface area (Å²) in [5.41, 5.74) is 1.90. The van der Waals surface area contributed by atoms with Gasteiger partial charge >= 0.3 is 0 Å². The fourth-order valence-electron chi connectivity index (χ4n) is 3.65. The highest BCUT2D eigenvalue weighted by Crippen LogP contribution is 2.31. The number of nitrogens with zero attached hydrogens (tertiary/aromatic N) is 2. The van der Waals surface area contributed by atoms with Crippen molar-refractivity contribution >= 4 is 34.2 Å². The van der Waals surface area contributed by atoms with E-state index in [1.807, 2.05) is 12.3 Å². The number of nitrogens with one attached hydrogen (secondary N) is 1. The fraction of sp³-hybridized carbons (Fsp3) is 0.368. The smallest absolute Gasteiger partial charge is 0.261 e. The maximum Gasteiger partial charge on any atom is 0.261 e. The first kappa shape index (κ1) is 16.9. The zero-order valence-corrected chi connectivity index (χ0v) is 15.3. The second kappa shape index (κ2) is 6.64. The number of hydrogen-bond donors (Lipinski definition) is 1. The van der Waals surface area contributed by atoms with Crippen LogP contribution >= 0.6 is 11.3 Å². The first-order valence-corrected chi connectivity index (χ1v) is 9.68. The van der Waals surface area contributed by atoms with E-state index in [0.29, 0.717) is 21.8 Å². The summed E-state index contributed by atoms with van der Waals surface area (Å²) in [6.45, 7) is 1.85. The minimum atomic E-state index is -0.335. The minimum absolute atomic E-state index is 0.0216. The van der Waals surface area contributed by atoms with Gasteiger partial charge in [0.25, 0.3) is 17.7 Å². The highest BCUT2D eigenvalue weighted by Gasteiger charge is 2.40. The zero-order valence-electron chi connectivity index (χ0n) is 14.4. The fourth-order valence-corrected chi connectivity index (χ4v) is 4.34. The van der Waals surface area contributed by atoms with Gasteiger partial charge in [0, 0.05) is 17.0 Å². The summed E-state index contributed by atoms with van der Waals surface area (Å²) in [4.78, 5) is 43.5. The van der Waals surface area contributed by atoms with Crippen molar-refractivity contribution in [2.45, 2.75) is 45.1 Å². The molecule has 4 rings (SSSR count). The Hall–Kier alpha value is -2.54. The molecule has 2 aromatic rings. The lowest BCUT2D eigenvalue weighted by Crippen LogP contribution is -2.40. The van der Waals surface area contributed by atoms with Crippen LogP contribution in [0.5, 0.6) is 0 Å². The van der Waals surface area contributed by atoms with E-state index in [0.717, 1.165) is 37.8 Å². The van der Waals surface area contributed by atoms with Gasteiger partial charge in [-0.1, -0.05) is 19.3 Å². The Morgan fingerprint density at radius 3 is 2.58 bits per heavy atom. The summed E-state index contributed by atoms with van der Waals surface area (Å²) in [7, 11) is 0. The van der Waals surface area contributed by atoms with E-state index in [9.17, 15) is 14.4 Å². The third kappa shape index (κ3) is 2.92. The lowest BCUT2D eigenvalue weighted by Gasteiger charge is -2.29. The molecule has 6 nitrogen and oxygen atoms in total. The SMILES string of the molecule is Cc1csc(NC(=O)c2ccc3c(c2)C(=O)N(C2CCCCC2)C3=O)n1. The number of fused-ring (bicyclic) bond motifs is 1. The molecule has 2 aliphatic rings. The van der Waals surface area contributed by atoms with E-state index in [-0.39, 0.29) is 23.8 Å². The lowest BCUT2D eigenvalue weighted by atomic mass is 9.94. The molecular formula is C19H19N3O3S. The predicted octanol–water partition coefficient (Wildman–Crippen LogP) is 3.63. The van der Waals surface area contributed by atoms with E-state index in [2.05, 4.69) is 10.3 Å². The topological polar surface area (TPSA) is 79.4 Å². The predicted molar refractivity (Wildman–Crippen MR) is 98.6 cm³/mol. The number of thiazole rings is 1. The minimum Gasteiger partial charge on any atom is -0.298 e. The lowest BCUT2D eigenvalue weighted by molar-refractivity contribution is 0.0549. The normalized spacial score (nSPS) is 17.5. The van der Waals surface area contributed by atoms with Crippen LogP contribution in [0, 0.1) is 6.92 Å². The second-order valence-corrected chi connectivity index (χ2v) is 7.64. The summed E-state index contributed by atoms with van der Waals surface area (Å²) in [5.74, 6) is -0.852. The highest BCUT2D eigenvalue weighted by molar-refractivity contribution is 7.13. The first-order chi connectivity index (χ1) is 12.5. The Labute approximate surface area is 155 Å². The van der Waals surface area contributed by atoms with Gasteiger partial charge < -0.3 is 0 Å². The van der Waals surface area contributed by atoms with Crippen LogP contribution in [-0.4, -0.2) is 33.6 Å². The summed E-state index contributed by atoms with van der Waals surface area (Å²) in [6, 6.07) is 4.67. The highest BCUT2D eigenvalue weighted by atomic mass is 32.1. The molecule has 2 heterocycles. The third-order valence-corrected chi connectivity index (χ3v) is 5.84. The van der Waals surface area contributed by atoms with Crippen LogP contribution < -0.4 is 5.32 Å². The molecule has 1 fully saturated rings. The Kier molecular flexibility index (Phi) is 4.32. The largest absolute Gasteiger partial charge is 0.298 e. The molecule has 1 aliphatic heterocycles. The van der Waals surface area contributed by atoms with E-state index in [1.165, 1.54) is 22.3 Å². The maximum absolute atomic E-state index is 12.8. The van der Waals surface area contributed by atoms with Crippen molar-refractivity contribution in [3.63, 3.8) is 0 Å². The van der Waals surface area contributed by atoms with Gasteiger partial charge in [-0.15, -0.1) is 11.3 Å². The van der Waals surface area contributed by atoms with Gasteiger partial charge in [0.15, 0.2) is 5.13 Å². The third-order valence-electron chi connectivity index (χ3n) is 4.96. The van der Waals surface area contributed by atoms with Gasteiger partial charge in [0.2, 0.25) is 0 Å². The van der Waals surface area contributed by atoms with Crippen molar-refractivity contribution in [2.75, 3.05) is 5.32 Å². The number of rotatable bonds is 3. The molecule has 1 aromatic heterocycles. The Balaban J connectivity index is 1.58. The molecular weight excluding hydrogens is 350 g/mol. The number of aryl methyl sites for hydroxylation is 1. The van der Waals surface area contributed by atoms with Crippen molar-refractivity contribution in [3.8, 4) is 0 Å². The molecule has 134 valence electrons. The molecule has 3 amide bonds. The Morgan fingerprint density at radius 2 is 1.88 bits per heavy atom. The van der Waals surface area contributed by atoms with Crippen molar-refractivity contribution in [1.82, 2.24) is 9.88 Å². The number of hydrogen-bond acceptors (Lipinski definition) is 5. The molecule has 26 heavy (non-hydrogen) atoms. The summed E-state index contributed by atoms with van der Waals surface area (Å²) in [5, 5.41) is 5.09. The van der Waals surface area contributed by atoms with E-state index >= 15 is 0 Å². The van der Waals surface area contributed by atoms with Crippen molar-refractivity contribution in [3.05, 3.63) is 46.0 Å². The number of amides is 3. The van der Waals surface area contributed by atoms with Crippen LogP contribution in [0.15, 0.2) is 23.6 Å². The van der Waals surface area contributed by atoms with Crippen LogP contribution in [0.3, 0.4) is 0 Å². The molecule has 0 spiro atoms. The summed E-state index contributed by atoms with van der Waals surface area (Å²) in [6.07, 6.45) is 4.96. The number of aromatic nitrogens is 1. The molecule has 1 aliphatic carbocycles. The Bertz CT molecular complexity index is 899. The van der Waals surface area contributed by atoms with Crippen LogP contribution in [0.25, 0.3) is 0 Å². The van der Waals surface area contributed by atoms with Gasteiger partial charge in [0.1, 0.15) is 0 Å². The van der Waals surface area contributed by atoms with Crippen molar-refractivity contribution in [1.29, 1.82) is 0 Å². The molecule has 0 saturated heterocycles. The average molecular weight is 369 g/mol. The number of carbonyl (C=O) groups is 3. The second-order valence-electron chi connectivity index (χ2n) is 6.78. The van der Waals surface area contributed by atoms with Gasteiger partial charge in [-0.25, -0.2) is 4.98 Å². The molecule has 0 bridgehead atoms. The number of anilines is 1. The molecule has 0 unspecified atom stereocenters. The summed E-state index contributed by atoms with van der Waals surface area (Å²) < 4.78 is 0. The van der Waals surface area contributed by atoms with E-state index in [1.54, 1.807) is 12.1 Å². The molecule has 0 atom stereocenters. The average Bonchev–Trinajstić information content (AvgIpc) is 3.16. The van der Waals surface area contributed by atoms with Crippen LogP contribution in [-0.2, 0) is 0 Å². The van der Waals surface area contributed by atoms with E-state index in [4.69, 9.17) is 0 Å². The van der Waals surface area contributed by atoms with Gasteiger partial charge in [-0.3, -0.25) is 24.6 Å². The van der Waals surface area contributed by atoms with Crippen molar-refractivity contribution < 1.29 is 14.4 Å². The number of imide groups is 1. The van der Waals surface area contributed by atoms with E-state index < -0.39 is 0 Å². The van der Waals surface area contributed by atoms with Gasteiger partial charge in [-0.2, -0.15) is 0 Å². The number of benzene rings is 1. The van der Waals surface area contributed by atoms with Gasteiger partial charge in [-0.05, 0) is 38.0 Å². The van der Waals surface area contributed by atoms with Crippen LogP contribution in [0.4, 0.5) is 5.13 Å².